The summed E-state index contributed by atoms with van der Waals surface area (Å²) in [6.45, 7) is 1.86. The van der Waals surface area contributed by atoms with Crippen molar-refractivity contribution in [1.29, 1.82) is 0 Å². The van der Waals surface area contributed by atoms with Crippen molar-refractivity contribution in [1.82, 2.24) is 0 Å². The van der Waals surface area contributed by atoms with Crippen LogP contribution in [0.2, 0.25) is 0 Å². The summed E-state index contributed by atoms with van der Waals surface area (Å²) < 4.78 is 26.9. The fourth-order valence-corrected chi connectivity index (χ4v) is 2.91. The summed E-state index contributed by atoms with van der Waals surface area (Å²) in [5.41, 5.74) is 8.96. The molecule has 0 heterocycles. The zero-order valence-electron chi connectivity index (χ0n) is 10.5. The molecule has 4 heteroatoms. The molecular weight excluding hydrogens is 359 g/mol. The second kappa shape index (κ2) is 5.96. The van der Waals surface area contributed by atoms with Crippen LogP contribution >= 0.6 is 22.6 Å². The standard InChI is InChI=1S/C15H14F2IN/c1-9-6-11(16)3-2-10(9)7-15(19)13-5-4-12(17)8-14(13)18/h2-6,8,15H,7,19H2,1H3. The Labute approximate surface area is 125 Å². The number of benzene rings is 2. The van der Waals surface area contributed by atoms with E-state index < -0.39 is 0 Å². The number of hydrogen-bond acceptors (Lipinski definition) is 1. The van der Waals surface area contributed by atoms with Gasteiger partial charge in [-0.25, -0.2) is 8.78 Å². The monoisotopic (exact) mass is 373 g/mol. The smallest absolute Gasteiger partial charge is 0.124 e. The number of rotatable bonds is 3. The number of nitrogens with two attached hydrogens (primary N) is 1. The van der Waals surface area contributed by atoms with Crippen molar-refractivity contribution in [3.05, 3.63) is 68.3 Å². The fraction of sp³-hybridized carbons (Fsp3) is 0.200. The first kappa shape index (κ1) is 14.4. The van der Waals surface area contributed by atoms with Crippen molar-refractivity contribution in [2.75, 3.05) is 0 Å². The third kappa shape index (κ3) is 3.51. The van der Waals surface area contributed by atoms with Gasteiger partial charge in [-0.15, -0.1) is 0 Å². The topological polar surface area (TPSA) is 26.0 Å². The van der Waals surface area contributed by atoms with Gasteiger partial charge in [0.25, 0.3) is 0 Å². The van der Waals surface area contributed by atoms with Crippen molar-refractivity contribution >= 4 is 22.6 Å². The second-order valence-electron chi connectivity index (χ2n) is 4.55. The molecule has 100 valence electrons. The van der Waals surface area contributed by atoms with Crippen LogP contribution in [0.1, 0.15) is 22.7 Å². The van der Waals surface area contributed by atoms with Crippen LogP contribution in [0.3, 0.4) is 0 Å². The zero-order valence-corrected chi connectivity index (χ0v) is 12.6. The lowest BCUT2D eigenvalue weighted by Gasteiger charge is -2.15. The van der Waals surface area contributed by atoms with E-state index in [1.165, 1.54) is 24.3 Å². The van der Waals surface area contributed by atoms with E-state index in [0.717, 1.165) is 20.3 Å². The van der Waals surface area contributed by atoms with E-state index >= 15 is 0 Å². The molecule has 0 spiro atoms. The maximum atomic E-state index is 13.1. The van der Waals surface area contributed by atoms with Gasteiger partial charge < -0.3 is 5.73 Å². The van der Waals surface area contributed by atoms with Crippen molar-refractivity contribution < 1.29 is 8.78 Å². The van der Waals surface area contributed by atoms with Gasteiger partial charge in [0.15, 0.2) is 0 Å². The van der Waals surface area contributed by atoms with Crippen LogP contribution in [0.25, 0.3) is 0 Å². The molecule has 0 aliphatic rings. The molecule has 2 aromatic rings. The molecule has 0 bridgehead atoms. The molecule has 0 radical (unpaired) electrons. The quantitative estimate of drug-likeness (QED) is 0.805. The molecule has 1 nitrogen and oxygen atoms in total. The molecular formula is C15H14F2IN. The van der Waals surface area contributed by atoms with Gasteiger partial charge >= 0.3 is 0 Å². The van der Waals surface area contributed by atoms with Crippen LogP contribution in [0, 0.1) is 22.1 Å². The largest absolute Gasteiger partial charge is 0.324 e. The van der Waals surface area contributed by atoms with Crippen molar-refractivity contribution in [2.45, 2.75) is 19.4 Å². The van der Waals surface area contributed by atoms with E-state index in [0.29, 0.717) is 6.42 Å². The summed E-state index contributed by atoms with van der Waals surface area (Å²) >= 11 is 2.08. The van der Waals surface area contributed by atoms with Gasteiger partial charge in [0, 0.05) is 9.61 Å². The highest BCUT2D eigenvalue weighted by atomic mass is 127. The van der Waals surface area contributed by atoms with Gasteiger partial charge in [-0.2, -0.15) is 0 Å². The van der Waals surface area contributed by atoms with Crippen molar-refractivity contribution in [3.8, 4) is 0 Å². The number of aryl methyl sites for hydroxylation is 1. The van der Waals surface area contributed by atoms with Gasteiger partial charge in [0.1, 0.15) is 11.6 Å². The summed E-state index contributed by atoms with van der Waals surface area (Å²) in [5, 5.41) is 0. The SMILES string of the molecule is Cc1cc(F)ccc1CC(N)c1ccc(F)cc1I. The van der Waals surface area contributed by atoms with E-state index in [9.17, 15) is 8.78 Å². The van der Waals surface area contributed by atoms with E-state index in [4.69, 9.17) is 5.73 Å². The molecule has 0 saturated heterocycles. The average molecular weight is 373 g/mol. The Morgan fingerprint density at radius 3 is 2.37 bits per heavy atom. The molecule has 19 heavy (non-hydrogen) atoms. The van der Waals surface area contributed by atoms with Crippen molar-refractivity contribution in [3.63, 3.8) is 0 Å². The summed E-state index contributed by atoms with van der Waals surface area (Å²) in [4.78, 5) is 0. The van der Waals surface area contributed by atoms with E-state index in [-0.39, 0.29) is 17.7 Å². The predicted octanol–water partition coefficient (Wildman–Crippen LogP) is 4.12. The summed E-state index contributed by atoms with van der Waals surface area (Å²) in [5.74, 6) is -0.510. The molecule has 2 aromatic carbocycles. The summed E-state index contributed by atoms with van der Waals surface area (Å²) in [7, 11) is 0. The van der Waals surface area contributed by atoms with Crippen molar-refractivity contribution in [2.24, 2.45) is 5.73 Å². The Balaban J connectivity index is 2.23. The summed E-state index contributed by atoms with van der Waals surface area (Å²) in [6, 6.07) is 9.04. The van der Waals surface area contributed by atoms with Crippen LogP contribution in [-0.2, 0) is 6.42 Å². The number of hydrogen-bond donors (Lipinski definition) is 1. The Morgan fingerprint density at radius 1 is 1.11 bits per heavy atom. The molecule has 2 rings (SSSR count). The van der Waals surface area contributed by atoms with Crippen LogP contribution in [0.15, 0.2) is 36.4 Å². The Morgan fingerprint density at radius 2 is 1.74 bits per heavy atom. The molecule has 0 amide bonds. The highest BCUT2D eigenvalue weighted by Crippen LogP contribution is 2.24. The maximum Gasteiger partial charge on any atom is 0.124 e. The van der Waals surface area contributed by atoms with Gasteiger partial charge in [-0.3, -0.25) is 0 Å². The molecule has 2 N–H and O–H groups in total. The van der Waals surface area contributed by atoms with E-state index in [2.05, 4.69) is 22.6 Å². The molecule has 1 unspecified atom stereocenters. The first-order chi connectivity index (χ1) is 8.97. The lowest BCUT2D eigenvalue weighted by Crippen LogP contribution is -2.15. The molecule has 1 atom stereocenters. The minimum Gasteiger partial charge on any atom is -0.324 e. The highest BCUT2D eigenvalue weighted by molar-refractivity contribution is 14.1. The Kier molecular flexibility index (Phi) is 4.52. The maximum absolute atomic E-state index is 13.1. The van der Waals surface area contributed by atoms with Crippen LogP contribution in [-0.4, -0.2) is 0 Å². The summed E-state index contributed by atoms with van der Waals surface area (Å²) in [6.07, 6.45) is 0.605. The van der Waals surface area contributed by atoms with E-state index in [1.54, 1.807) is 12.1 Å². The Hall–Kier alpha value is -1.01. The van der Waals surface area contributed by atoms with Gasteiger partial charge in [-0.1, -0.05) is 12.1 Å². The minimum absolute atomic E-state index is 0.225. The van der Waals surface area contributed by atoms with E-state index in [1.807, 2.05) is 6.92 Å². The van der Waals surface area contributed by atoms with Gasteiger partial charge in [0.2, 0.25) is 0 Å². The van der Waals surface area contributed by atoms with Crippen LogP contribution in [0.4, 0.5) is 8.78 Å². The number of halogens is 3. The second-order valence-corrected chi connectivity index (χ2v) is 5.71. The molecule has 0 aromatic heterocycles. The highest BCUT2D eigenvalue weighted by Gasteiger charge is 2.12. The van der Waals surface area contributed by atoms with Gasteiger partial charge in [0.05, 0.1) is 0 Å². The first-order valence-corrected chi connectivity index (χ1v) is 7.01. The van der Waals surface area contributed by atoms with Gasteiger partial charge in [-0.05, 0) is 76.9 Å². The molecule has 0 saturated carbocycles. The third-order valence-electron chi connectivity index (χ3n) is 3.11. The lowest BCUT2D eigenvalue weighted by atomic mass is 9.97. The molecule has 0 aliphatic heterocycles. The fourth-order valence-electron chi connectivity index (χ4n) is 2.04. The normalized spacial score (nSPS) is 12.5. The minimum atomic E-state index is -0.265. The third-order valence-corrected chi connectivity index (χ3v) is 4.04. The Bertz CT molecular complexity index is 599. The van der Waals surface area contributed by atoms with Crippen LogP contribution in [0.5, 0.6) is 0 Å². The van der Waals surface area contributed by atoms with Crippen LogP contribution < -0.4 is 5.73 Å². The zero-order chi connectivity index (χ0) is 14.0. The lowest BCUT2D eigenvalue weighted by molar-refractivity contribution is 0.619. The molecule has 0 aliphatic carbocycles. The predicted molar refractivity (Wildman–Crippen MR) is 80.9 cm³/mol. The molecule has 0 fully saturated rings. The first-order valence-electron chi connectivity index (χ1n) is 5.93. The average Bonchev–Trinajstić information content (AvgIpc) is 2.32.